The molecule has 3 heterocycles. The first kappa shape index (κ1) is 46.8. The fraction of sp³-hybridized carbons (Fsp3) is 0.791. The van der Waals surface area contributed by atoms with Crippen molar-refractivity contribution in [1.82, 2.24) is 4.90 Å². The van der Waals surface area contributed by atoms with Crippen LogP contribution in [0, 0.1) is 29.6 Å². The van der Waals surface area contributed by atoms with Crippen molar-refractivity contribution >= 4 is 29.7 Å². The van der Waals surface area contributed by atoms with Crippen LogP contribution >= 0.6 is 0 Å². The molecule has 0 radical (unpaired) electrons. The minimum atomic E-state index is -2.53. The van der Waals surface area contributed by atoms with Crippen LogP contribution in [0.5, 0.6) is 0 Å². The van der Waals surface area contributed by atoms with Gasteiger partial charge in [0.25, 0.3) is 11.7 Å². The van der Waals surface area contributed by atoms with Gasteiger partial charge in [0.2, 0.25) is 5.79 Å². The Kier molecular flexibility index (Phi) is 17.2. The Morgan fingerprint density at radius 1 is 0.912 bits per heavy atom. The zero-order valence-corrected chi connectivity index (χ0v) is 35.1. The Morgan fingerprint density at radius 2 is 1.58 bits per heavy atom. The normalized spacial score (nSPS) is 41.0. The van der Waals surface area contributed by atoms with Gasteiger partial charge in [0, 0.05) is 58.5 Å². The number of allylic oxidation sites excluding steroid dienone is 3. The SMILES string of the molecule is CO[C@H]1C[C@@H](C)C/C(C)=C/[C@@H](CC=O)C(=O)C[C@H](O)[C@@H](C)[C@@H](/C(C)=C/[C@@H]2CC[C@@H](O)[C@H](OC)C2)OC(=O)[C@@H]2CCCCN2C(=O)C(=O)[C@]2(O)O[C@H]1[C@@H](OC)C[C@H]2C. The molecule has 3 N–H and O–H groups in total. The van der Waals surface area contributed by atoms with E-state index in [0.29, 0.717) is 56.8 Å². The fourth-order valence-corrected chi connectivity index (χ4v) is 9.35. The summed E-state index contributed by atoms with van der Waals surface area (Å²) in [7, 11) is 4.55. The second-order valence-corrected chi connectivity index (χ2v) is 17.1. The summed E-state index contributed by atoms with van der Waals surface area (Å²) in [6.45, 7) is 9.00. The summed E-state index contributed by atoms with van der Waals surface area (Å²) in [6, 6.07) is -1.17. The third kappa shape index (κ3) is 11.3. The predicted octanol–water partition coefficient (Wildman–Crippen LogP) is 3.65. The van der Waals surface area contributed by atoms with Gasteiger partial charge in [0.15, 0.2) is 0 Å². The number of amides is 1. The summed E-state index contributed by atoms with van der Waals surface area (Å²) in [5.74, 6) is -8.44. The van der Waals surface area contributed by atoms with E-state index in [2.05, 4.69) is 0 Å². The molecule has 2 saturated heterocycles. The molecule has 14 heteroatoms. The van der Waals surface area contributed by atoms with Gasteiger partial charge in [-0.2, -0.15) is 0 Å². The number of hydrogen-bond donors (Lipinski definition) is 3. The smallest absolute Gasteiger partial charge is 0.329 e. The van der Waals surface area contributed by atoms with Crippen molar-refractivity contribution in [3.63, 3.8) is 0 Å². The predicted molar refractivity (Wildman–Crippen MR) is 208 cm³/mol. The van der Waals surface area contributed by atoms with Crippen LogP contribution in [0.15, 0.2) is 23.3 Å². The largest absolute Gasteiger partial charge is 0.456 e. The van der Waals surface area contributed by atoms with E-state index in [-0.39, 0.29) is 56.0 Å². The molecule has 0 aromatic heterocycles. The summed E-state index contributed by atoms with van der Waals surface area (Å²) in [5, 5.41) is 34.0. The van der Waals surface area contributed by atoms with Crippen molar-refractivity contribution in [2.75, 3.05) is 27.9 Å². The third-order valence-corrected chi connectivity index (χ3v) is 12.8. The molecule has 0 aromatic carbocycles. The van der Waals surface area contributed by atoms with E-state index in [9.17, 15) is 39.3 Å². The summed E-state index contributed by atoms with van der Waals surface area (Å²) in [6.07, 6.45) is 2.63. The Bertz CT molecular complexity index is 1480. The molecule has 1 saturated carbocycles. The topological polar surface area (TPSA) is 195 Å². The molecule has 4 aliphatic rings. The molecule has 3 aliphatic heterocycles. The van der Waals surface area contributed by atoms with Crippen molar-refractivity contribution in [2.24, 2.45) is 29.6 Å². The quantitative estimate of drug-likeness (QED) is 0.146. The minimum Gasteiger partial charge on any atom is -0.456 e. The fourth-order valence-electron chi connectivity index (χ4n) is 9.35. The summed E-state index contributed by atoms with van der Waals surface area (Å²) in [4.78, 5) is 69.4. The van der Waals surface area contributed by atoms with Crippen LogP contribution < -0.4 is 0 Å². The molecule has 1 amide bonds. The molecule has 322 valence electrons. The average Bonchev–Trinajstić information content (AvgIpc) is 3.18. The first-order chi connectivity index (χ1) is 27.0. The molecule has 14 atom stereocenters. The number of rotatable bonds is 7. The third-order valence-electron chi connectivity index (χ3n) is 12.8. The number of nitrogens with zero attached hydrogens (tertiary/aromatic N) is 1. The zero-order chi connectivity index (χ0) is 42.2. The summed E-state index contributed by atoms with van der Waals surface area (Å²) in [5.41, 5.74) is 1.46. The molecular formula is C43H67NO13. The van der Waals surface area contributed by atoms with Gasteiger partial charge in [-0.25, -0.2) is 4.79 Å². The number of carbonyl (C=O) groups excluding carboxylic acids is 5. The van der Waals surface area contributed by atoms with Gasteiger partial charge >= 0.3 is 5.97 Å². The first-order valence-electron chi connectivity index (χ1n) is 20.7. The number of piperidine rings is 1. The van der Waals surface area contributed by atoms with E-state index >= 15 is 0 Å². The highest BCUT2D eigenvalue weighted by molar-refractivity contribution is 6.39. The van der Waals surface area contributed by atoms with Crippen LogP contribution in [0.4, 0.5) is 0 Å². The lowest BCUT2D eigenvalue weighted by atomic mass is 9.81. The van der Waals surface area contributed by atoms with Crippen molar-refractivity contribution in [3.8, 4) is 0 Å². The maximum atomic E-state index is 14.3. The van der Waals surface area contributed by atoms with Crippen molar-refractivity contribution in [2.45, 2.75) is 160 Å². The van der Waals surface area contributed by atoms with Crippen LogP contribution in [0.3, 0.4) is 0 Å². The van der Waals surface area contributed by atoms with Crippen molar-refractivity contribution < 1.29 is 63.0 Å². The molecule has 0 aromatic rings. The minimum absolute atomic E-state index is 0.0384. The maximum absolute atomic E-state index is 14.3. The highest BCUT2D eigenvalue weighted by atomic mass is 16.7. The zero-order valence-electron chi connectivity index (χ0n) is 35.1. The summed E-state index contributed by atoms with van der Waals surface area (Å²) >= 11 is 0. The number of fused-ring (bicyclic) bond motifs is 3. The molecule has 4 rings (SSSR count). The van der Waals surface area contributed by atoms with E-state index in [1.54, 1.807) is 34.0 Å². The highest BCUT2D eigenvalue weighted by Gasteiger charge is 2.56. The standard InChI is InChI=1S/C43H67NO13/c1-24-17-25(2)19-36(54-7)39-37(55-8)21-27(4)43(52,57-39)40(49)41(50)44-15-10-9-11-31(44)42(51)56-38(26(3)20-29-12-13-32(46)35(22-29)53-6)28(5)33(47)23-34(48)30(18-24)14-16-45/h16,18,20,25,27-33,35-39,46-47,52H,9-15,17,19,21-23H2,1-8H3/b24-18+,26-20+/t25-,27+,28+,29-,30+,31-,32+,33-,35+,36-,37-,38+,39+,43+/m0/s1. The number of esters is 1. The number of methoxy groups -OCH3 is 3. The molecular weight excluding hydrogens is 738 g/mol. The number of ether oxygens (including phenoxy) is 5. The monoisotopic (exact) mass is 805 g/mol. The molecule has 57 heavy (non-hydrogen) atoms. The van der Waals surface area contributed by atoms with Crippen LogP contribution in [0.25, 0.3) is 0 Å². The number of cyclic esters (lactones) is 1. The Hall–Kier alpha value is -2.85. The Morgan fingerprint density at radius 3 is 2.23 bits per heavy atom. The van der Waals surface area contributed by atoms with Crippen LogP contribution in [0.2, 0.25) is 0 Å². The van der Waals surface area contributed by atoms with Gasteiger partial charge in [-0.1, -0.05) is 38.5 Å². The molecule has 3 fully saturated rings. The Balaban J connectivity index is 1.78. The molecule has 0 spiro atoms. The van der Waals surface area contributed by atoms with Gasteiger partial charge in [-0.3, -0.25) is 14.4 Å². The van der Waals surface area contributed by atoms with Crippen LogP contribution in [-0.2, 0) is 47.7 Å². The molecule has 14 nitrogen and oxygen atoms in total. The van der Waals surface area contributed by atoms with E-state index in [4.69, 9.17) is 23.7 Å². The van der Waals surface area contributed by atoms with E-state index in [0.717, 1.165) is 10.5 Å². The highest BCUT2D eigenvalue weighted by Crippen LogP contribution is 2.39. The lowest BCUT2D eigenvalue weighted by molar-refractivity contribution is -0.302. The number of aliphatic hydroxyl groups is 3. The average molecular weight is 806 g/mol. The number of aliphatic hydroxyl groups excluding tert-OH is 2. The van der Waals surface area contributed by atoms with E-state index in [1.807, 2.05) is 19.9 Å². The number of hydrogen-bond acceptors (Lipinski definition) is 13. The summed E-state index contributed by atoms with van der Waals surface area (Å²) < 4.78 is 29.6. The van der Waals surface area contributed by atoms with Gasteiger partial charge in [0.05, 0.1) is 30.5 Å². The molecule has 1 aliphatic carbocycles. The maximum Gasteiger partial charge on any atom is 0.329 e. The van der Waals surface area contributed by atoms with E-state index in [1.165, 1.54) is 14.2 Å². The van der Waals surface area contributed by atoms with Crippen molar-refractivity contribution in [1.29, 1.82) is 0 Å². The first-order valence-corrected chi connectivity index (χ1v) is 20.7. The Labute approximate surface area is 337 Å². The van der Waals surface area contributed by atoms with E-state index < -0.39 is 83.9 Å². The van der Waals surface area contributed by atoms with Crippen LogP contribution in [-0.4, -0.2) is 132 Å². The van der Waals surface area contributed by atoms with Gasteiger partial charge in [-0.15, -0.1) is 0 Å². The molecule has 0 unspecified atom stereocenters. The lowest BCUT2D eigenvalue weighted by Gasteiger charge is -2.47. The second kappa shape index (κ2) is 20.9. The number of aldehydes is 1. The molecule has 2 bridgehead atoms. The number of Topliss-reactive ketones (excluding diaryl/α,β-unsaturated/α-hetero) is 2. The van der Waals surface area contributed by atoms with Crippen molar-refractivity contribution in [3.05, 3.63) is 23.3 Å². The number of carbonyl (C=O) groups is 5. The van der Waals surface area contributed by atoms with Gasteiger partial charge in [0.1, 0.15) is 30.3 Å². The lowest BCUT2D eigenvalue weighted by Crippen LogP contribution is -2.64. The van der Waals surface area contributed by atoms with Gasteiger partial charge in [-0.05, 0) is 89.0 Å². The van der Waals surface area contributed by atoms with Gasteiger partial charge < -0.3 is 48.7 Å². The van der Waals surface area contributed by atoms with Crippen LogP contribution in [0.1, 0.15) is 105 Å². The number of ketones is 2. The second-order valence-electron chi connectivity index (χ2n) is 17.1.